The number of carbonyl (C=O) groups is 1. The molecule has 1 saturated carbocycles. The third kappa shape index (κ3) is 4.58. The third-order valence-corrected chi connectivity index (χ3v) is 3.98. The standard InChI is InChI=1S/C15H23N3O3/c1-2-21-12-6-9-16-14(18-12)17-11-15(10-13(19)20)7-4-3-5-8-15/h6,9H,2-5,7-8,10-11H2,1H3,(H,19,20)(H,16,17,18). The zero-order valence-corrected chi connectivity index (χ0v) is 12.5. The van der Waals surface area contributed by atoms with Gasteiger partial charge in [-0.15, -0.1) is 0 Å². The van der Waals surface area contributed by atoms with Gasteiger partial charge < -0.3 is 15.2 Å². The van der Waals surface area contributed by atoms with E-state index in [9.17, 15) is 4.79 Å². The fourth-order valence-corrected chi connectivity index (χ4v) is 2.96. The average molecular weight is 293 g/mol. The van der Waals surface area contributed by atoms with Crippen LogP contribution in [0.3, 0.4) is 0 Å². The van der Waals surface area contributed by atoms with Crippen LogP contribution in [0.4, 0.5) is 5.95 Å². The predicted octanol–water partition coefficient (Wildman–Crippen LogP) is 2.71. The van der Waals surface area contributed by atoms with Gasteiger partial charge in [0.15, 0.2) is 0 Å². The van der Waals surface area contributed by atoms with E-state index in [1.165, 1.54) is 6.42 Å². The van der Waals surface area contributed by atoms with Crippen LogP contribution in [0.15, 0.2) is 12.3 Å². The van der Waals surface area contributed by atoms with Crippen LogP contribution in [0.1, 0.15) is 45.4 Å². The highest BCUT2D eigenvalue weighted by Gasteiger charge is 2.34. The van der Waals surface area contributed by atoms with Gasteiger partial charge in [0.1, 0.15) is 0 Å². The summed E-state index contributed by atoms with van der Waals surface area (Å²) in [4.78, 5) is 19.6. The fourth-order valence-electron chi connectivity index (χ4n) is 2.96. The van der Waals surface area contributed by atoms with Crippen LogP contribution in [0, 0.1) is 5.41 Å². The van der Waals surface area contributed by atoms with Gasteiger partial charge in [-0.2, -0.15) is 4.98 Å². The lowest BCUT2D eigenvalue weighted by atomic mass is 9.72. The first-order chi connectivity index (χ1) is 10.1. The minimum atomic E-state index is -0.734. The molecule has 6 heteroatoms. The van der Waals surface area contributed by atoms with E-state index >= 15 is 0 Å². The van der Waals surface area contributed by atoms with Crippen molar-refractivity contribution in [2.24, 2.45) is 5.41 Å². The summed E-state index contributed by atoms with van der Waals surface area (Å²) in [5, 5.41) is 12.4. The molecule has 0 radical (unpaired) electrons. The Bertz CT molecular complexity index is 473. The number of aliphatic carboxylic acids is 1. The Labute approximate surface area is 124 Å². The molecule has 0 aliphatic heterocycles. The fraction of sp³-hybridized carbons (Fsp3) is 0.667. The Kier molecular flexibility index (Phi) is 5.36. The smallest absolute Gasteiger partial charge is 0.303 e. The van der Waals surface area contributed by atoms with Crippen molar-refractivity contribution in [1.29, 1.82) is 0 Å². The summed E-state index contributed by atoms with van der Waals surface area (Å²) in [5.41, 5.74) is -0.185. The molecule has 6 nitrogen and oxygen atoms in total. The lowest BCUT2D eigenvalue weighted by Crippen LogP contribution is -2.34. The van der Waals surface area contributed by atoms with Crippen molar-refractivity contribution in [1.82, 2.24) is 9.97 Å². The van der Waals surface area contributed by atoms with Gasteiger partial charge in [-0.25, -0.2) is 4.98 Å². The van der Waals surface area contributed by atoms with E-state index in [-0.39, 0.29) is 11.8 Å². The average Bonchev–Trinajstić information content (AvgIpc) is 2.46. The molecule has 0 amide bonds. The molecule has 1 aliphatic rings. The van der Waals surface area contributed by atoms with Crippen LogP contribution in [-0.4, -0.2) is 34.2 Å². The van der Waals surface area contributed by atoms with Crippen LogP contribution in [-0.2, 0) is 4.79 Å². The maximum Gasteiger partial charge on any atom is 0.303 e. The van der Waals surface area contributed by atoms with Gasteiger partial charge in [0.05, 0.1) is 13.0 Å². The van der Waals surface area contributed by atoms with Crippen molar-refractivity contribution in [2.45, 2.75) is 45.4 Å². The van der Waals surface area contributed by atoms with Crippen molar-refractivity contribution < 1.29 is 14.6 Å². The number of anilines is 1. The zero-order valence-electron chi connectivity index (χ0n) is 12.5. The number of nitrogens with one attached hydrogen (secondary N) is 1. The Morgan fingerprint density at radius 3 is 2.86 bits per heavy atom. The van der Waals surface area contributed by atoms with Gasteiger partial charge in [-0.1, -0.05) is 19.3 Å². The molecule has 1 aromatic rings. The number of hydrogen-bond donors (Lipinski definition) is 2. The Hall–Kier alpha value is -1.85. The van der Waals surface area contributed by atoms with E-state index in [1.54, 1.807) is 12.3 Å². The van der Waals surface area contributed by atoms with E-state index in [1.807, 2.05) is 6.92 Å². The van der Waals surface area contributed by atoms with Gasteiger partial charge in [0, 0.05) is 18.8 Å². The zero-order chi connectivity index (χ0) is 15.1. The van der Waals surface area contributed by atoms with Crippen LogP contribution in [0.2, 0.25) is 0 Å². The van der Waals surface area contributed by atoms with Crippen molar-refractivity contribution in [3.8, 4) is 5.88 Å². The molecular formula is C15H23N3O3. The van der Waals surface area contributed by atoms with Crippen LogP contribution in [0.5, 0.6) is 5.88 Å². The van der Waals surface area contributed by atoms with Crippen molar-refractivity contribution in [2.75, 3.05) is 18.5 Å². The summed E-state index contributed by atoms with van der Waals surface area (Å²) < 4.78 is 5.34. The molecule has 116 valence electrons. The summed E-state index contributed by atoms with van der Waals surface area (Å²) in [6.07, 6.45) is 7.10. The minimum Gasteiger partial charge on any atom is -0.481 e. The van der Waals surface area contributed by atoms with Gasteiger partial charge in [-0.3, -0.25) is 4.79 Å². The summed E-state index contributed by atoms with van der Waals surface area (Å²) in [5.74, 6) is 0.296. The molecule has 2 rings (SSSR count). The molecule has 0 atom stereocenters. The topological polar surface area (TPSA) is 84.3 Å². The second-order valence-corrected chi connectivity index (χ2v) is 5.64. The van der Waals surface area contributed by atoms with E-state index in [0.29, 0.717) is 25.0 Å². The number of carboxylic acids is 1. The molecule has 0 spiro atoms. The molecule has 1 heterocycles. The highest BCUT2D eigenvalue weighted by Crippen LogP contribution is 2.39. The number of aromatic nitrogens is 2. The Balaban J connectivity index is 2.00. The maximum atomic E-state index is 11.1. The lowest BCUT2D eigenvalue weighted by Gasteiger charge is -2.36. The molecule has 1 fully saturated rings. The van der Waals surface area contributed by atoms with E-state index in [0.717, 1.165) is 25.7 Å². The highest BCUT2D eigenvalue weighted by atomic mass is 16.5. The summed E-state index contributed by atoms with van der Waals surface area (Å²) >= 11 is 0. The van der Waals surface area contributed by atoms with Gasteiger partial charge in [0.25, 0.3) is 0 Å². The Morgan fingerprint density at radius 1 is 1.43 bits per heavy atom. The lowest BCUT2D eigenvalue weighted by molar-refractivity contribution is -0.140. The second kappa shape index (κ2) is 7.24. The third-order valence-electron chi connectivity index (χ3n) is 3.98. The van der Waals surface area contributed by atoms with Crippen LogP contribution < -0.4 is 10.1 Å². The normalized spacial score (nSPS) is 17.2. The molecule has 1 aromatic heterocycles. The quantitative estimate of drug-likeness (QED) is 0.804. The Morgan fingerprint density at radius 2 is 2.19 bits per heavy atom. The van der Waals surface area contributed by atoms with E-state index < -0.39 is 5.97 Å². The van der Waals surface area contributed by atoms with E-state index in [4.69, 9.17) is 9.84 Å². The first-order valence-corrected chi connectivity index (χ1v) is 7.55. The second-order valence-electron chi connectivity index (χ2n) is 5.64. The molecular weight excluding hydrogens is 270 g/mol. The van der Waals surface area contributed by atoms with Crippen LogP contribution in [0.25, 0.3) is 0 Å². The van der Waals surface area contributed by atoms with Crippen LogP contribution >= 0.6 is 0 Å². The molecule has 0 unspecified atom stereocenters. The van der Waals surface area contributed by atoms with Gasteiger partial charge in [-0.05, 0) is 25.2 Å². The largest absolute Gasteiger partial charge is 0.481 e. The highest BCUT2D eigenvalue weighted by molar-refractivity contribution is 5.67. The monoisotopic (exact) mass is 293 g/mol. The first-order valence-electron chi connectivity index (χ1n) is 7.55. The minimum absolute atomic E-state index is 0.185. The number of nitrogens with zero attached hydrogens (tertiary/aromatic N) is 2. The summed E-state index contributed by atoms with van der Waals surface area (Å²) in [7, 11) is 0. The van der Waals surface area contributed by atoms with Gasteiger partial charge >= 0.3 is 5.97 Å². The number of hydrogen-bond acceptors (Lipinski definition) is 5. The molecule has 0 bridgehead atoms. The number of carboxylic acid groups (broad SMARTS) is 1. The molecule has 21 heavy (non-hydrogen) atoms. The summed E-state index contributed by atoms with van der Waals surface area (Å²) in [6.45, 7) is 3.05. The maximum absolute atomic E-state index is 11.1. The molecule has 2 N–H and O–H groups in total. The van der Waals surface area contributed by atoms with Gasteiger partial charge in [0.2, 0.25) is 11.8 Å². The molecule has 1 aliphatic carbocycles. The summed E-state index contributed by atoms with van der Waals surface area (Å²) in [6, 6.07) is 1.71. The number of ether oxygens (including phenoxy) is 1. The first kappa shape index (κ1) is 15.5. The molecule has 0 saturated heterocycles. The number of rotatable bonds is 7. The van der Waals surface area contributed by atoms with E-state index in [2.05, 4.69) is 15.3 Å². The van der Waals surface area contributed by atoms with Crippen molar-refractivity contribution in [3.63, 3.8) is 0 Å². The SMILES string of the molecule is CCOc1ccnc(NCC2(CC(=O)O)CCCCC2)n1. The molecule has 0 aromatic carbocycles. The van der Waals surface area contributed by atoms with Crippen molar-refractivity contribution in [3.05, 3.63) is 12.3 Å². The predicted molar refractivity (Wildman–Crippen MR) is 79.5 cm³/mol. The van der Waals surface area contributed by atoms with Crippen molar-refractivity contribution >= 4 is 11.9 Å².